The van der Waals surface area contributed by atoms with Gasteiger partial charge in [0.05, 0.1) is 6.61 Å². The lowest BCUT2D eigenvalue weighted by molar-refractivity contribution is -0.133. The van der Waals surface area contributed by atoms with Crippen LogP contribution in [-0.4, -0.2) is 42.1 Å². The fraction of sp³-hybridized carbons (Fsp3) is 0.923. The number of nitrogens with two attached hydrogens (primary N) is 1. The van der Waals surface area contributed by atoms with Crippen LogP contribution in [0.3, 0.4) is 0 Å². The van der Waals surface area contributed by atoms with Crippen LogP contribution in [0.1, 0.15) is 39.5 Å². The van der Waals surface area contributed by atoms with E-state index in [9.17, 15) is 4.79 Å². The summed E-state index contributed by atoms with van der Waals surface area (Å²) in [6, 6.07) is 0.477. The maximum absolute atomic E-state index is 12.2. The van der Waals surface area contributed by atoms with E-state index in [4.69, 9.17) is 10.5 Å². The van der Waals surface area contributed by atoms with Crippen LogP contribution in [0.4, 0.5) is 0 Å². The number of hydrogen-bond acceptors (Lipinski definition) is 3. The first-order valence-corrected chi connectivity index (χ1v) is 6.62. The molecule has 98 valence electrons. The van der Waals surface area contributed by atoms with Crippen LogP contribution in [0.25, 0.3) is 0 Å². The van der Waals surface area contributed by atoms with Crippen LogP contribution >= 0.6 is 0 Å². The topological polar surface area (TPSA) is 55.6 Å². The first kappa shape index (κ1) is 12.8. The molecule has 2 aliphatic rings. The van der Waals surface area contributed by atoms with Crippen LogP contribution in [0, 0.1) is 5.92 Å². The minimum Gasteiger partial charge on any atom is -0.381 e. The average Bonchev–Trinajstić information content (AvgIpc) is 2.89. The molecule has 0 aromatic rings. The molecule has 0 spiro atoms. The summed E-state index contributed by atoms with van der Waals surface area (Å²) >= 11 is 0. The number of nitrogens with zero attached hydrogens (tertiary/aromatic N) is 1. The van der Waals surface area contributed by atoms with E-state index >= 15 is 0 Å². The molecule has 17 heavy (non-hydrogen) atoms. The molecule has 1 amide bonds. The Balaban J connectivity index is 1.89. The van der Waals surface area contributed by atoms with Gasteiger partial charge in [0, 0.05) is 37.1 Å². The molecule has 1 aliphatic carbocycles. The molecule has 4 nitrogen and oxygen atoms in total. The second-order valence-electron chi connectivity index (χ2n) is 6.17. The summed E-state index contributed by atoms with van der Waals surface area (Å²) in [5.74, 6) is 0.743. The fourth-order valence-electron chi connectivity index (χ4n) is 2.34. The first-order chi connectivity index (χ1) is 7.96. The Morgan fingerprint density at radius 1 is 1.41 bits per heavy atom. The van der Waals surface area contributed by atoms with E-state index < -0.39 is 5.54 Å². The van der Waals surface area contributed by atoms with Crippen LogP contribution in [-0.2, 0) is 9.53 Å². The third kappa shape index (κ3) is 3.96. The molecule has 2 N–H and O–H groups in total. The van der Waals surface area contributed by atoms with Gasteiger partial charge in [-0.15, -0.1) is 0 Å². The van der Waals surface area contributed by atoms with Gasteiger partial charge in [-0.25, -0.2) is 0 Å². The van der Waals surface area contributed by atoms with Gasteiger partial charge >= 0.3 is 0 Å². The SMILES string of the molecule is CC(C)(N)CC(=O)N(CC1CCOC1)C1CC1. The largest absolute Gasteiger partial charge is 0.381 e. The molecule has 2 rings (SSSR count). The number of ether oxygens (including phenoxy) is 1. The number of hydrogen-bond donors (Lipinski definition) is 1. The molecule has 1 saturated carbocycles. The van der Waals surface area contributed by atoms with Crippen molar-refractivity contribution in [3.8, 4) is 0 Å². The Morgan fingerprint density at radius 3 is 2.59 bits per heavy atom. The maximum atomic E-state index is 12.2. The quantitative estimate of drug-likeness (QED) is 0.784. The lowest BCUT2D eigenvalue weighted by atomic mass is 10.0. The van der Waals surface area contributed by atoms with Gasteiger partial charge in [-0.1, -0.05) is 0 Å². The van der Waals surface area contributed by atoms with Crippen LogP contribution in [0.5, 0.6) is 0 Å². The highest BCUT2D eigenvalue weighted by Crippen LogP contribution is 2.30. The molecular formula is C13H24N2O2. The van der Waals surface area contributed by atoms with Crippen molar-refractivity contribution in [2.45, 2.75) is 51.1 Å². The number of rotatable bonds is 5. The van der Waals surface area contributed by atoms with E-state index in [0.717, 1.165) is 39.0 Å². The van der Waals surface area contributed by atoms with E-state index in [1.165, 1.54) is 0 Å². The number of carbonyl (C=O) groups is 1. The lowest BCUT2D eigenvalue weighted by Crippen LogP contribution is -2.44. The normalized spacial score (nSPS) is 25.0. The van der Waals surface area contributed by atoms with E-state index in [2.05, 4.69) is 0 Å². The summed E-state index contributed by atoms with van der Waals surface area (Å²) in [6.07, 6.45) is 3.84. The third-order valence-electron chi connectivity index (χ3n) is 3.39. The Hall–Kier alpha value is -0.610. The average molecular weight is 240 g/mol. The zero-order valence-corrected chi connectivity index (χ0v) is 10.9. The predicted octanol–water partition coefficient (Wildman–Crippen LogP) is 1.14. The monoisotopic (exact) mass is 240 g/mol. The van der Waals surface area contributed by atoms with E-state index in [1.54, 1.807) is 0 Å². The van der Waals surface area contributed by atoms with E-state index in [0.29, 0.717) is 18.4 Å². The van der Waals surface area contributed by atoms with Crippen LogP contribution < -0.4 is 5.73 Å². The van der Waals surface area contributed by atoms with Crippen molar-refractivity contribution in [2.24, 2.45) is 11.7 Å². The van der Waals surface area contributed by atoms with Crippen molar-refractivity contribution in [2.75, 3.05) is 19.8 Å². The minimum absolute atomic E-state index is 0.215. The van der Waals surface area contributed by atoms with E-state index in [-0.39, 0.29) is 5.91 Å². The highest BCUT2D eigenvalue weighted by Gasteiger charge is 2.35. The second-order valence-corrected chi connectivity index (χ2v) is 6.17. The zero-order chi connectivity index (χ0) is 12.5. The van der Waals surface area contributed by atoms with Gasteiger partial charge in [0.1, 0.15) is 0 Å². The molecule has 1 saturated heterocycles. The number of amides is 1. The Kier molecular flexibility index (Phi) is 3.73. The first-order valence-electron chi connectivity index (χ1n) is 6.62. The van der Waals surface area contributed by atoms with Crippen LogP contribution in [0.15, 0.2) is 0 Å². The number of carbonyl (C=O) groups excluding carboxylic acids is 1. The Morgan fingerprint density at radius 2 is 2.12 bits per heavy atom. The van der Waals surface area contributed by atoms with Crippen molar-refractivity contribution >= 4 is 5.91 Å². The maximum Gasteiger partial charge on any atom is 0.224 e. The van der Waals surface area contributed by atoms with Gasteiger partial charge in [0.2, 0.25) is 5.91 Å². The van der Waals surface area contributed by atoms with Crippen LogP contribution in [0.2, 0.25) is 0 Å². The second kappa shape index (κ2) is 4.94. The van der Waals surface area contributed by atoms with Gasteiger partial charge in [0.25, 0.3) is 0 Å². The lowest BCUT2D eigenvalue weighted by Gasteiger charge is -2.28. The molecule has 0 bridgehead atoms. The standard InChI is InChI=1S/C13H24N2O2/c1-13(2,14)7-12(16)15(11-3-4-11)8-10-5-6-17-9-10/h10-11H,3-9,14H2,1-2H3. The smallest absolute Gasteiger partial charge is 0.224 e. The summed E-state index contributed by atoms with van der Waals surface area (Å²) in [4.78, 5) is 14.3. The summed E-state index contributed by atoms with van der Waals surface area (Å²) in [5, 5.41) is 0. The molecule has 1 unspecified atom stereocenters. The Labute approximate surface area is 103 Å². The molecule has 1 atom stereocenters. The van der Waals surface area contributed by atoms with Crippen molar-refractivity contribution in [1.29, 1.82) is 0 Å². The summed E-state index contributed by atoms with van der Waals surface area (Å²) in [7, 11) is 0. The molecule has 0 aromatic heterocycles. The minimum atomic E-state index is -0.406. The molecule has 0 radical (unpaired) electrons. The molecule has 0 aromatic carbocycles. The van der Waals surface area contributed by atoms with Gasteiger partial charge in [-0.05, 0) is 33.1 Å². The van der Waals surface area contributed by atoms with Gasteiger partial charge in [-0.2, -0.15) is 0 Å². The van der Waals surface area contributed by atoms with Crippen molar-refractivity contribution in [3.63, 3.8) is 0 Å². The summed E-state index contributed by atoms with van der Waals surface area (Å²) < 4.78 is 5.38. The van der Waals surface area contributed by atoms with Crippen molar-refractivity contribution in [1.82, 2.24) is 4.90 Å². The predicted molar refractivity (Wildman–Crippen MR) is 66.5 cm³/mol. The third-order valence-corrected chi connectivity index (χ3v) is 3.39. The van der Waals surface area contributed by atoms with E-state index in [1.807, 2.05) is 18.7 Å². The van der Waals surface area contributed by atoms with Gasteiger partial charge in [-0.3, -0.25) is 4.79 Å². The van der Waals surface area contributed by atoms with Gasteiger partial charge < -0.3 is 15.4 Å². The highest BCUT2D eigenvalue weighted by atomic mass is 16.5. The molecule has 4 heteroatoms. The Bertz CT molecular complexity index is 276. The fourth-order valence-corrected chi connectivity index (χ4v) is 2.34. The van der Waals surface area contributed by atoms with Crippen molar-refractivity contribution < 1.29 is 9.53 Å². The molecule has 1 aliphatic heterocycles. The van der Waals surface area contributed by atoms with Crippen molar-refractivity contribution in [3.05, 3.63) is 0 Å². The molecule has 1 heterocycles. The zero-order valence-electron chi connectivity index (χ0n) is 10.9. The highest BCUT2D eigenvalue weighted by molar-refractivity contribution is 5.78. The molecule has 2 fully saturated rings. The summed E-state index contributed by atoms with van der Waals surface area (Å²) in [6.45, 7) is 6.34. The molecular weight excluding hydrogens is 216 g/mol. The summed E-state index contributed by atoms with van der Waals surface area (Å²) in [5.41, 5.74) is 5.52. The van der Waals surface area contributed by atoms with Gasteiger partial charge in [0.15, 0.2) is 0 Å².